The van der Waals surface area contributed by atoms with Crippen molar-refractivity contribution in [1.82, 2.24) is 9.38 Å². The molecule has 0 aliphatic carbocycles. The van der Waals surface area contributed by atoms with Crippen molar-refractivity contribution in [2.75, 3.05) is 0 Å². The maximum absolute atomic E-state index is 9.22. The van der Waals surface area contributed by atoms with Crippen LogP contribution in [0.4, 0.5) is 0 Å². The van der Waals surface area contributed by atoms with Crippen LogP contribution in [0.2, 0.25) is 0 Å². The van der Waals surface area contributed by atoms with E-state index >= 15 is 0 Å². The van der Waals surface area contributed by atoms with Crippen LogP contribution in [0.5, 0.6) is 5.75 Å². The fourth-order valence-corrected chi connectivity index (χ4v) is 3.37. The van der Waals surface area contributed by atoms with Gasteiger partial charge >= 0.3 is 0 Å². The summed E-state index contributed by atoms with van der Waals surface area (Å²) in [6.07, 6.45) is 2.07. The summed E-state index contributed by atoms with van der Waals surface area (Å²) < 4.78 is 7.72. The number of aryl methyl sites for hydroxylation is 1. The Morgan fingerprint density at radius 1 is 1.29 bits per heavy atom. The fourth-order valence-electron chi connectivity index (χ4n) is 2.38. The molecule has 0 fully saturated rings. The van der Waals surface area contributed by atoms with Gasteiger partial charge in [-0.05, 0) is 50.6 Å². The summed E-state index contributed by atoms with van der Waals surface area (Å²) in [5.41, 5.74) is 2.94. The molecule has 4 nitrogen and oxygen atoms in total. The molecule has 0 atom stereocenters. The van der Waals surface area contributed by atoms with Crippen LogP contribution in [0.25, 0.3) is 16.2 Å². The largest absolute Gasteiger partial charge is 0.491 e. The summed E-state index contributed by atoms with van der Waals surface area (Å²) in [5.74, 6) is 0.875. The van der Waals surface area contributed by atoms with Gasteiger partial charge in [-0.2, -0.15) is 0 Å². The number of hydrogen-bond donors (Lipinski definition) is 1. The SMILES string of the molecule is Cc1sc2nc(CO)cn2c1-c1ccc(OC(C)C)cc1. The lowest BCUT2D eigenvalue weighted by atomic mass is 10.1. The minimum absolute atomic E-state index is 0.0337. The number of nitrogens with zero attached hydrogens (tertiary/aromatic N) is 2. The van der Waals surface area contributed by atoms with Gasteiger partial charge in [0.1, 0.15) is 5.75 Å². The van der Waals surface area contributed by atoms with Gasteiger partial charge in [-0.25, -0.2) is 4.98 Å². The molecule has 2 heterocycles. The molecule has 1 N–H and O–H groups in total. The number of imidazole rings is 1. The molecular formula is C16H18N2O2S. The number of rotatable bonds is 4. The van der Waals surface area contributed by atoms with Gasteiger partial charge in [0, 0.05) is 11.1 Å². The van der Waals surface area contributed by atoms with Gasteiger partial charge in [0.2, 0.25) is 0 Å². The molecule has 2 aromatic heterocycles. The van der Waals surface area contributed by atoms with Crippen LogP contribution in [0, 0.1) is 6.92 Å². The van der Waals surface area contributed by atoms with Gasteiger partial charge in [0.05, 0.1) is 24.1 Å². The number of thiazole rings is 1. The first-order valence-corrected chi connectivity index (χ1v) is 7.75. The molecular weight excluding hydrogens is 284 g/mol. The first kappa shape index (κ1) is 14.1. The van der Waals surface area contributed by atoms with E-state index in [4.69, 9.17) is 4.74 Å². The molecule has 0 unspecified atom stereocenters. The van der Waals surface area contributed by atoms with Crippen LogP contribution in [0.3, 0.4) is 0 Å². The molecule has 0 saturated carbocycles. The molecule has 3 aromatic rings. The summed E-state index contributed by atoms with van der Waals surface area (Å²) in [6.45, 7) is 6.09. The van der Waals surface area contributed by atoms with E-state index in [9.17, 15) is 5.11 Å². The summed E-state index contributed by atoms with van der Waals surface area (Å²) >= 11 is 1.63. The van der Waals surface area contributed by atoms with Gasteiger partial charge in [-0.3, -0.25) is 4.40 Å². The zero-order valence-electron chi connectivity index (χ0n) is 12.3. The highest BCUT2D eigenvalue weighted by Crippen LogP contribution is 2.32. The minimum Gasteiger partial charge on any atom is -0.491 e. The van der Waals surface area contributed by atoms with Crippen LogP contribution in [-0.4, -0.2) is 20.6 Å². The number of fused-ring (bicyclic) bond motifs is 1. The van der Waals surface area contributed by atoms with Crippen molar-refractivity contribution >= 4 is 16.3 Å². The molecule has 0 saturated heterocycles. The second-order valence-corrected chi connectivity index (χ2v) is 6.42. The lowest BCUT2D eigenvalue weighted by Crippen LogP contribution is -2.05. The van der Waals surface area contributed by atoms with E-state index < -0.39 is 0 Å². The van der Waals surface area contributed by atoms with Crippen molar-refractivity contribution < 1.29 is 9.84 Å². The summed E-state index contributed by atoms with van der Waals surface area (Å²) in [6, 6.07) is 8.10. The van der Waals surface area contributed by atoms with Crippen LogP contribution in [-0.2, 0) is 6.61 Å². The van der Waals surface area contributed by atoms with Crippen LogP contribution >= 0.6 is 11.3 Å². The van der Waals surface area contributed by atoms with E-state index in [0.717, 1.165) is 22.0 Å². The number of aliphatic hydroxyl groups is 1. The molecule has 0 amide bonds. The molecule has 0 spiro atoms. The van der Waals surface area contributed by atoms with Crippen LogP contribution < -0.4 is 4.74 Å². The predicted molar refractivity (Wildman–Crippen MR) is 84.9 cm³/mol. The Hall–Kier alpha value is -1.85. The third-order valence-electron chi connectivity index (χ3n) is 3.20. The standard InChI is InChI=1S/C16H18N2O2S/c1-10(2)20-14-6-4-12(5-7-14)15-11(3)21-16-17-13(9-19)8-18(15)16/h4-8,10,19H,9H2,1-3H3. The molecule has 0 aliphatic heterocycles. The van der Waals surface area contributed by atoms with Gasteiger partial charge in [-0.15, -0.1) is 11.3 Å². The smallest absolute Gasteiger partial charge is 0.194 e. The Morgan fingerprint density at radius 2 is 2.00 bits per heavy atom. The Kier molecular flexibility index (Phi) is 3.69. The molecule has 5 heteroatoms. The summed E-state index contributed by atoms with van der Waals surface area (Å²) in [4.78, 5) is 6.52. The molecule has 1 aromatic carbocycles. The molecule has 21 heavy (non-hydrogen) atoms. The topological polar surface area (TPSA) is 46.8 Å². The zero-order valence-corrected chi connectivity index (χ0v) is 13.1. The van der Waals surface area contributed by atoms with Gasteiger partial charge in [0.25, 0.3) is 0 Å². The zero-order chi connectivity index (χ0) is 15.0. The number of benzene rings is 1. The first-order chi connectivity index (χ1) is 10.1. The lowest BCUT2D eigenvalue weighted by Gasteiger charge is -2.10. The molecule has 0 aliphatic rings. The second-order valence-electron chi connectivity index (χ2n) is 5.24. The van der Waals surface area contributed by atoms with Gasteiger partial charge < -0.3 is 9.84 Å². The monoisotopic (exact) mass is 302 g/mol. The average molecular weight is 302 g/mol. The maximum atomic E-state index is 9.22. The van der Waals surface area contributed by atoms with Gasteiger partial charge in [-0.1, -0.05) is 0 Å². The van der Waals surface area contributed by atoms with Gasteiger partial charge in [0.15, 0.2) is 4.96 Å². The number of hydrogen-bond acceptors (Lipinski definition) is 4. The third kappa shape index (κ3) is 2.66. The van der Waals surface area contributed by atoms with Crippen molar-refractivity contribution in [2.24, 2.45) is 0 Å². The normalized spacial score (nSPS) is 11.5. The molecule has 110 valence electrons. The number of aromatic nitrogens is 2. The number of aliphatic hydroxyl groups excluding tert-OH is 1. The second kappa shape index (κ2) is 5.50. The summed E-state index contributed by atoms with van der Waals surface area (Å²) in [5, 5.41) is 9.22. The Balaban J connectivity index is 2.02. The van der Waals surface area contributed by atoms with E-state index in [1.54, 1.807) is 11.3 Å². The first-order valence-electron chi connectivity index (χ1n) is 6.94. The maximum Gasteiger partial charge on any atom is 0.194 e. The van der Waals surface area contributed by atoms with Crippen molar-refractivity contribution in [1.29, 1.82) is 0 Å². The average Bonchev–Trinajstić information content (AvgIpc) is 2.95. The Bertz CT molecular complexity index is 757. The minimum atomic E-state index is -0.0337. The van der Waals surface area contributed by atoms with Crippen LogP contribution in [0.15, 0.2) is 30.5 Å². The quantitative estimate of drug-likeness (QED) is 0.800. The predicted octanol–water partition coefficient (Wildman–Crippen LogP) is 3.65. The highest BCUT2D eigenvalue weighted by atomic mass is 32.1. The van der Waals surface area contributed by atoms with E-state index in [1.165, 1.54) is 4.88 Å². The van der Waals surface area contributed by atoms with E-state index in [2.05, 4.69) is 24.0 Å². The van der Waals surface area contributed by atoms with E-state index in [0.29, 0.717) is 5.69 Å². The van der Waals surface area contributed by atoms with Crippen molar-refractivity contribution in [3.8, 4) is 17.0 Å². The third-order valence-corrected chi connectivity index (χ3v) is 4.17. The Labute approximate surface area is 127 Å². The molecule has 3 rings (SSSR count). The van der Waals surface area contributed by atoms with Crippen molar-refractivity contribution in [2.45, 2.75) is 33.5 Å². The van der Waals surface area contributed by atoms with Crippen molar-refractivity contribution in [3.63, 3.8) is 0 Å². The number of ether oxygens (including phenoxy) is 1. The lowest BCUT2D eigenvalue weighted by molar-refractivity contribution is 0.242. The Morgan fingerprint density at radius 3 is 2.62 bits per heavy atom. The van der Waals surface area contributed by atoms with E-state index in [1.807, 2.05) is 36.6 Å². The highest BCUT2D eigenvalue weighted by molar-refractivity contribution is 7.17. The molecule has 0 bridgehead atoms. The summed E-state index contributed by atoms with van der Waals surface area (Å²) in [7, 11) is 0. The fraction of sp³-hybridized carbons (Fsp3) is 0.312. The van der Waals surface area contributed by atoms with Crippen molar-refractivity contribution in [3.05, 3.63) is 41.0 Å². The highest BCUT2D eigenvalue weighted by Gasteiger charge is 2.13. The molecule has 0 radical (unpaired) electrons. The van der Waals surface area contributed by atoms with Crippen LogP contribution in [0.1, 0.15) is 24.4 Å². The van der Waals surface area contributed by atoms with E-state index in [-0.39, 0.29) is 12.7 Å².